The summed E-state index contributed by atoms with van der Waals surface area (Å²) >= 11 is 0. The summed E-state index contributed by atoms with van der Waals surface area (Å²) in [5.74, 6) is -1.41. The Bertz CT molecular complexity index is 518. The van der Waals surface area contributed by atoms with E-state index >= 15 is 0 Å². The van der Waals surface area contributed by atoms with Crippen molar-refractivity contribution in [2.75, 3.05) is 0 Å². The Balaban J connectivity index is 2.75. The van der Waals surface area contributed by atoms with Crippen LogP contribution in [0.3, 0.4) is 0 Å². The summed E-state index contributed by atoms with van der Waals surface area (Å²) in [7, 11) is 0. The molecule has 1 amide bonds. The third-order valence-electron chi connectivity index (χ3n) is 3.16. The highest BCUT2D eigenvalue weighted by Gasteiger charge is 2.12. The molecular weight excluding hydrogens is 242 g/mol. The predicted molar refractivity (Wildman–Crippen MR) is 73.7 cm³/mol. The Labute approximate surface area is 113 Å². The second kappa shape index (κ2) is 6.73. The summed E-state index contributed by atoms with van der Waals surface area (Å²) in [6, 6.07) is 7.87. The van der Waals surface area contributed by atoms with E-state index in [0.717, 1.165) is 12.0 Å². The minimum atomic E-state index is -1.07. The number of aliphatic carboxylic acids is 1. The Morgan fingerprint density at radius 1 is 1.11 bits per heavy atom. The zero-order valence-electron chi connectivity index (χ0n) is 11.5. The molecule has 1 aromatic rings. The van der Waals surface area contributed by atoms with Crippen molar-refractivity contribution in [3.8, 4) is 0 Å². The summed E-state index contributed by atoms with van der Waals surface area (Å²) in [4.78, 5) is 22.6. The van der Waals surface area contributed by atoms with Crippen molar-refractivity contribution >= 4 is 11.9 Å². The third-order valence-corrected chi connectivity index (χ3v) is 3.16. The number of hydrogen-bond acceptors (Lipinski definition) is 2. The van der Waals surface area contributed by atoms with E-state index in [9.17, 15) is 9.59 Å². The minimum Gasteiger partial charge on any atom is -0.478 e. The highest BCUT2D eigenvalue weighted by atomic mass is 16.4. The number of carboxylic acids is 1. The molecule has 102 valence electrons. The molecule has 0 unspecified atom stereocenters. The van der Waals surface area contributed by atoms with E-state index in [-0.39, 0.29) is 17.1 Å². The number of nitrogens with one attached hydrogen (secondary N) is 1. The highest BCUT2D eigenvalue weighted by molar-refractivity contribution is 6.01. The molecule has 0 aromatic heterocycles. The van der Waals surface area contributed by atoms with Crippen LogP contribution in [0.15, 0.2) is 35.4 Å². The third kappa shape index (κ3) is 3.95. The number of carboxylic acid groups (broad SMARTS) is 1. The molecule has 2 N–H and O–H groups in total. The van der Waals surface area contributed by atoms with Crippen LogP contribution in [-0.2, 0) is 22.6 Å². The first-order chi connectivity index (χ1) is 8.97. The summed E-state index contributed by atoms with van der Waals surface area (Å²) in [6.45, 7) is 5.41. The fraction of sp³-hybridized carbons (Fsp3) is 0.333. The fourth-order valence-electron chi connectivity index (χ4n) is 1.71. The second-order valence-corrected chi connectivity index (χ2v) is 4.36. The second-order valence-electron chi connectivity index (χ2n) is 4.36. The van der Waals surface area contributed by atoms with E-state index in [1.54, 1.807) is 0 Å². The van der Waals surface area contributed by atoms with Crippen molar-refractivity contribution in [1.82, 2.24) is 5.32 Å². The zero-order chi connectivity index (χ0) is 14.4. The zero-order valence-corrected chi connectivity index (χ0v) is 11.5. The largest absolute Gasteiger partial charge is 0.478 e. The van der Waals surface area contributed by atoms with Gasteiger partial charge < -0.3 is 10.4 Å². The van der Waals surface area contributed by atoms with Crippen LogP contribution in [0.25, 0.3) is 0 Å². The predicted octanol–water partition coefficient (Wildman–Crippen LogP) is 2.29. The summed E-state index contributed by atoms with van der Waals surface area (Å²) < 4.78 is 0. The maximum absolute atomic E-state index is 11.8. The van der Waals surface area contributed by atoms with Gasteiger partial charge in [0, 0.05) is 17.7 Å². The first-order valence-electron chi connectivity index (χ1n) is 6.23. The van der Waals surface area contributed by atoms with Gasteiger partial charge in [-0.1, -0.05) is 31.2 Å². The van der Waals surface area contributed by atoms with Gasteiger partial charge in [0.05, 0.1) is 0 Å². The number of carbonyl (C=O) groups excluding carboxylic acids is 1. The lowest BCUT2D eigenvalue weighted by Crippen LogP contribution is -2.25. The normalized spacial score (nSPS) is 11.7. The van der Waals surface area contributed by atoms with Crippen LogP contribution in [-0.4, -0.2) is 17.0 Å². The first kappa shape index (κ1) is 15.0. The van der Waals surface area contributed by atoms with Crippen molar-refractivity contribution in [1.29, 1.82) is 0 Å². The van der Waals surface area contributed by atoms with Gasteiger partial charge >= 0.3 is 5.97 Å². The summed E-state index contributed by atoms with van der Waals surface area (Å²) in [5, 5.41) is 11.6. The van der Waals surface area contributed by atoms with Gasteiger partial charge in [0.2, 0.25) is 5.91 Å². The monoisotopic (exact) mass is 261 g/mol. The van der Waals surface area contributed by atoms with Crippen molar-refractivity contribution in [2.45, 2.75) is 33.7 Å². The van der Waals surface area contributed by atoms with Crippen LogP contribution in [0.4, 0.5) is 0 Å². The number of amides is 1. The van der Waals surface area contributed by atoms with Crippen molar-refractivity contribution in [3.63, 3.8) is 0 Å². The van der Waals surface area contributed by atoms with Gasteiger partial charge in [-0.15, -0.1) is 0 Å². The number of rotatable bonds is 5. The van der Waals surface area contributed by atoms with Crippen LogP contribution in [0.1, 0.15) is 31.9 Å². The van der Waals surface area contributed by atoms with Crippen LogP contribution < -0.4 is 5.32 Å². The van der Waals surface area contributed by atoms with Gasteiger partial charge in [-0.05, 0) is 31.4 Å². The number of carbonyl (C=O) groups is 2. The molecule has 0 saturated heterocycles. The van der Waals surface area contributed by atoms with Crippen LogP contribution in [0, 0.1) is 0 Å². The molecule has 1 aromatic carbocycles. The van der Waals surface area contributed by atoms with Gasteiger partial charge in [-0.25, -0.2) is 4.79 Å². The molecular formula is C15H19NO3. The standard InChI is InChI=1S/C15H19NO3/c1-4-12-7-5-6-8-13(12)9-16-14(17)10(2)11(3)15(18)19/h5-8H,4,9H2,1-3H3,(H,16,17)(H,18,19). The van der Waals surface area contributed by atoms with E-state index in [2.05, 4.69) is 12.2 Å². The fourth-order valence-corrected chi connectivity index (χ4v) is 1.71. The molecule has 0 aliphatic rings. The van der Waals surface area contributed by atoms with Gasteiger partial charge in [0.1, 0.15) is 0 Å². The smallest absolute Gasteiger partial charge is 0.331 e. The van der Waals surface area contributed by atoms with Gasteiger partial charge in [-0.3, -0.25) is 4.79 Å². The number of hydrogen-bond donors (Lipinski definition) is 2. The number of benzene rings is 1. The lowest BCUT2D eigenvalue weighted by molar-refractivity contribution is -0.133. The van der Waals surface area contributed by atoms with Gasteiger partial charge in [0.25, 0.3) is 0 Å². The molecule has 0 heterocycles. The Morgan fingerprint density at radius 3 is 2.21 bits per heavy atom. The van der Waals surface area contributed by atoms with E-state index in [0.29, 0.717) is 6.54 Å². The summed E-state index contributed by atoms with van der Waals surface area (Å²) in [5.41, 5.74) is 2.54. The minimum absolute atomic E-state index is 0.0706. The molecule has 0 bridgehead atoms. The lowest BCUT2D eigenvalue weighted by atomic mass is 10.1. The topological polar surface area (TPSA) is 66.4 Å². The van der Waals surface area contributed by atoms with E-state index < -0.39 is 5.97 Å². The molecule has 0 saturated carbocycles. The first-order valence-corrected chi connectivity index (χ1v) is 6.23. The Hall–Kier alpha value is -2.10. The summed E-state index contributed by atoms with van der Waals surface area (Å²) in [6.07, 6.45) is 0.898. The maximum Gasteiger partial charge on any atom is 0.331 e. The highest BCUT2D eigenvalue weighted by Crippen LogP contribution is 2.10. The van der Waals surface area contributed by atoms with Crippen molar-refractivity contribution in [3.05, 3.63) is 46.5 Å². The quantitative estimate of drug-likeness (QED) is 0.799. The molecule has 4 nitrogen and oxygen atoms in total. The van der Waals surface area contributed by atoms with Crippen molar-refractivity contribution < 1.29 is 14.7 Å². The molecule has 0 fully saturated rings. The molecule has 0 aliphatic heterocycles. The van der Waals surface area contributed by atoms with E-state index in [1.165, 1.54) is 19.4 Å². The van der Waals surface area contributed by atoms with Crippen molar-refractivity contribution in [2.24, 2.45) is 0 Å². The molecule has 0 spiro atoms. The number of aryl methyl sites for hydroxylation is 1. The Kier molecular flexibility index (Phi) is 5.30. The molecule has 19 heavy (non-hydrogen) atoms. The average Bonchev–Trinajstić information content (AvgIpc) is 2.43. The molecule has 1 rings (SSSR count). The Morgan fingerprint density at radius 2 is 1.68 bits per heavy atom. The lowest BCUT2D eigenvalue weighted by Gasteiger charge is -2.10. The SMILES string of the molecule is CCc1ccccc1CNC(=O)C(C)=C(C)C(=O)O. The van der Waals surface area contributed by atoms with Crippen LogP contribution in [0.5, 0.6) is 0 Å². The van der Waals surface area contributed by atoms with Gasteiger partial charge in [0.15, 0.2) is 0 Å². The van der Waals surface area contributed by atoms with E-state index in [1.807, 2.05) is 24.3 Å². The average molecular weight is 261 g/mol. The molecule has 0 radical (unpaired) electrons. The van der Waals surface area contributed by atoms with Crippen LogP contribution in [0.2, 0.25) is 0 Å². The van der Waals surface area contributed by atoms with E-state index in [4.69, 9.17) is 5.11 Å². The maximum atomic E-state index is 11.8. The van der Waals surface area contributed by atoms with Crippen LogP contribution >= 0.6 is 0 Å². The van der Waals surface area contributed by atoms with Gasteiger partial charge in [-0.2, -0.15) is 0 Å². The molecule has 0 atom stereocenters. The molecule has 0 aliphatic carbocycles. The molecule has 4 heteroatoms.